The molecule has 1 aromatic rings. The quantitative estimate of drug-likeness (QED) is 0.615. The van der Waals surface area contributed by atoms with Gasteiger partial charge in [0.1, 0.15) is 5.56 Å². The third kappa shape index (κ3) is 2.39. The van der Waals surface area contributed by atoms with E-state index < -0.39 is 9.85 Å². The molecule has 0 radical (unpaired) electrons. The molecule has 1 aliphatic rings. The summed E-state index contributed by atoms with van der Waals surface area (Å²) in [7, 11) is 0. The highest BCUT2D eigenvalue weighted by atomic mass is 16.6. The summed E-state index contributed by atoms with van der Waals surface area (Å²) in [6.07, 6.45) is 2.02. The van der Waals surface area contributed by atoms with Crippen molar-refractivity contribution in [1.29, 1.82) is 0 Å². The molecule has 0 spiro atoms. The first-order chi connectivity index (χ1) is 9.70. The van der Waals surface area contributed by atoms with Crippen LogP contribution in [-0.2, 0) is 11.8 Å². The van der Waals surface area contributed by atoms with Gasteiger partial charge in [0, 0.05) is 11.6 Å². The number of hydrogen-bond donors (Lipinski definition) is 0. The highest BCUT2D eigenvalue weighted by molar-refractivity contribution is 5.65. The minimum absolute atomic E-state index is 0.0433. The number of nitro groups is 2. The Morgan fingerprint density at radius 2 is 1.90 bits per heavy atom. The molecule has 0 amide bonds. The lowest BCUT2D eigenvalue weighted by Crippen LogP contribution is -2.27. The second-order valence-electron chi connectivity index (χ2n) is 6.38. The van der Waals surface area contributed by atoms with E-state index in [1.54, 1.807) is 13.0 Å². The first-order valence-corrected chi connectivity index (χ1v) is 7.19. The molecule has 0 saturated heterocycles. The van der Waals surface area contributed by atoms with Crippen LogP contribution < -0.4 is 0 Å². The van der Waals surface area contributed by atoms with Gasteiger partial charge in [-0.3, -0.25) is 20.2 Å². The lowest BCUT2D eigenvalue weighted by molar-refractivity contribution is -0.396. The maximum absolute atomic E-state index is 11.6. The smallest absolute Gasteiger partial charge is 0.258 e. The molecule has 0 saturated carbocycles. The van der Waals surface area contributed by atoms with E-state index in [1.165, 1.54) is 0 Å². The fourth-order valence-corrected chi connectivity index (χ4v) is 3.39. The van der Waals surface area contributed by atoms with Gasteiger partial charge in [-0.05, 0) is 36.2 Å². The van der Waals surface area contributed by atoms with Crippen LogP contribution in [-0.4, -0.2) is 9.85 Å². The van der Waals surface area contributed by atoms with E-state index in [9.17, 15) is 20.2 Å². The summed E-state index contributed by atoms with van der Waals surface area (Å²) in [6.45, 7) is 7.67. The molecule has 0 unspecified atom stereocenters. The van der Waals surface area contributed by atoms with Crippen LogP contribution in [0.5, 0.6) is 0 Å². The minimum Gasteiger partial charge on any atom is -0.258 e. The molecule has 0 fully saturated rings. The van der Waals surface area contributed by atoms with Gasteiger partial charge in [-0.25, -0.2) is 0 Å². The largest absolute Gasteiger partial charge is 0.283 e. The van der Waals surface area contributed by atoms with Gasteiger partial charge in [0.05, 0.1) is 9.85 Å². The molecule has 1 aromatic carbocycles. The Morgan fingerprint density at radius 1 is 1.29 bits per heavy atom. The van der Waals surface area contributed by atoms with Crippen LogP contribution in [0.3, 0.4) is 0 Å². The zero-order chi connectivity index (χ0) is 15.9. The summed E-state index contributed by atoms with van der Waals surface area (Å²) >= 11 is 0. The topological polar surface area (TPSA) is 86.3 Å². The van der Waals surface area contributed by atoms with Crippen LogP contribution in [0.15, 0.2) is 6.07 Å². The Bertz CT molecular complexity index is 623. The number of fused-ring (bicyclic) bond motifs is 1. The maximum atomic E-state index is 11.6. The van der Waals surface area contributed by atoms with Crippen molar-refractivity contribution < 1.29 is 9.85 Å². The zero-order valence-electron chi connectivity index (χ0n) is 12.8. The summed E-state index contributed by atoms with van der Waals surface area (Å²) in [5.74, 6) is 0.108. The van der Waals surface area contributed by atoms with Gasteiger partial charge in [0.25, 0.3) is 11.4 Å². The molecular weight excluding hydrogens is 272 g/mol. The molecule has 0 bridgehead atoms. The monoisotopic (exact) mass is 292 g/mol. The molecule has 6 heteroatoms. The van der Waals surface area contributed by atoms with Gasteiger partial charge >= 0.3 is 0 Å². The van der Waals surface area contributed by atoms with Crippen LogP contribution >= 0.6 is 0 Å². The molecule has 2 rings (SSSR count). The molecule has 21 heavy (non-hydrogen) atoms. The Balaban J connectivity index is 2.93. The second kappa shape index (κ2) is 5.09. The van der Waals surface area contributed by atoms with Gasteiger partial charge in [-0.1, -0.05) is 27.7 Å². The van der Waals surface area contributed by atoms with E-state index in [0.29, 0.717) is 5.56 Å². The third-order valence-electron chi connectivity index (χ3n) is 4.56. The van der Waals surface area contributed by atoms with E-state index >= 15 is 0 Å². The van der Waals surface area contributed by atoms with Gasteiger partial charge in [0.15, 0.2) is 0 Å². The van der Waals surface area contributed by atoms with Crippen molar-refractivity contribution in [3.8, 4) is 0 Å². The van der Waals surface area contributed by atoms with E-state index in [4.69, 9.17) is 0 Å². The molecule has 1 aliphatic carbocycles. The number of hydrogen-bond acceptors (Lipinski definition) is 4. The van der Waals surface area contributed by atoms with Crippen LogP contribution in [0.4, 0.5) is 11.4 Å². The number of nitrogens with zero attached hydrogens (tertiary/aromatic N) is 2. The first kappa shape index (κ1) is 15.4. The normalized spacial score (nSPS) is 19.9. The Morgan fingerprint density at radius 3 is 2.38 bits per heavy atom. The van der Waals surface area contributed by atoms with E-state index in [-0.39, 0.29) is 34.7 Å². The van der Waals surface area contributed by atoms with Crippen molar-refractivity contribution in [3.63, 3.8) is 0 Å². The summed E-state index contributed by atoms with van der Waals surface area (Å²) in [5, 5.41) is 22.9. The standard InChI is InChI=1S/C15H20N2O4/c1-5-10-12(16(18)19)8-11-9(2)6-7-15(3,4)13(11)14(10)17(20)21/h8-9H,5-7H2,1-4H3/t9-/m0/s1. The lowest BCUT2D eigenvalue weighted by atomic mass is 9.67. The fourth-order valence-electron chi connectivity index (χ4n) is 3.39. The molecule has 0 heterocycles. The number of benzene rings is 1. The SMILES string of the molecule is CCc1c([N+](=O)[O-])cc2c(c1[N+](=O)[O-])C(C)(C)CC[C@@H]2C. The molecular formula is C15H20N2O4. The lowest BCUT2D eigenvalue weighted by Gasteiger charge is -2.35. The van der Waals surface area contributed by atoms with Crippen LogP contribution in [0, 0.1) is 20.2 Å². The van der Waals surface area contributed by atoms with Gasteiger partial charge in [0.2, 0.25) is 0 Å². The van der Waals surface area contributed by atoms with Crippen molar-refractivity contribution >= 4 is 11.4 Å². The predicted octanol–water partition coefficient (Wildman–Crippen LogP) is 4.24. The first-order valence-electron chi connectivity index (χ1n) is 7.19. The van der Waals surface area contributed by atoms with Crippen molar-refractivity contribution in [2.45, 2.75) is 58.3 Å². The zero-order valence-corrected chi connectivity index (χ0v) is 12.8. The van der Waals surface area contributed by atoms with E-state index in [2.05, 4.69) is 0 Å². The Hall–Kier alpha value is -1.98. The Kier molecular flexibility index (Phi) is 3.74. The van der Waals surface area contributed by atoms with Crippen molar-refractivity contribution in [1.82, 2.24) is 0 Å². The van der Waals surface area contributed by atoms with E-state index in [0.717, 1.165) is 18.4 Å². The highest BCUT2D eigenvalue weighted by Crippen LogP contribution is 2.50. The average molecular weight is 292 g/mol. The molecule has 1 atom stereocenters. The fraction of sp³-hybridized carbons (Fsp3) is 0.600. The van der Waals surface area contributed by atoms with Crippen molar-refractivity contribution in [2.24, 2.45) is 0 Å². The van der Waals surface area contributed by atoms with E-state index in [1.807, 2.05) is 20.8 Å². The second-order valence-corrected chi connectivity index (χ2v) is 6.38. The Labute approximate surface area is 123 Å². The molecule has 0 N–H and O–H groups in total. The summed E-state index contributed by atoms with van der Waals surface area (Å²) < 4.78 is 0. The van der Waals surface area contributed by atoms with Crippen LogP contribution in [0.2, 0.25) is 0 Å². The van der Waals surface area contributed by atoms with Gasteiger partial charge in [-0.15, -0.1) is 0 Å². The number of rotatable bonds is 3. The highest BCUT2D eigenvalue weighted by Gasteiger charge is 2.41. The molecule has 114 valence electrons. The van der Waals surface area contributed by atoms with Gasteiger partial charge in [-0.2, -0.15) is 0 Å². The minimum atomic E-state index is -0.500. The summed E-state index contributed by atoms with van der Waals surface area (Å²) in [6, 6.07) is 1.56. The number of nitro benzene ring substituents is 2. The maximum Gasteiger partial charge on any atom is 0.283 e. The molecule has 6 nitrogen and oxygen atoms in total. The van der Waals surface area contributed by atoms with Gasteiger partial charge < -0.3 is 0 Å². The van der Waals surface area contributed by atoms with Crippen LogP contribution in [0.25, 0.3) is 0 Å². The summed E-state index contributed by atoms with van der Waals surface area (Å²) in [4.78, 5) is 22.0. The predicted molar refractivity (Wildman–Crippen MR) is 79.8 cm³/mol. The molecule has 0 aromatic heterocycles. The van der Waals surface area contributed by atoms with Crippen molar-refractivity contribution in [3.05, 3.63) is 43.0 Å². The third-order valence-corrected chi connectivity index (χ3v) is 4.56. The van der Waals surface area contributed by atoms with Crippen molar-refractivity contribution in [2.75, 3.05) is 0 Å². The average Bonchev–Trinajstić information content (AvgIpc) is 2.40. The van der Waals surface area contributed by atoms with Crippen LogP contribution in [0.1, 0.15) is 63.1 Å². The molecule has 0 aliphatic heterocycles. The summed E-state index contributed by atoms with van der Waals surface area (Å²) in [5.41, 5.74) is 1.20.